The number of fused-ring (bicyclic) bond motifs is 3. The first-order valence-corrected chi connectivity index (χ1v) is 18.5. The van der Waals surface area contributed by atoms with Gasteiger partial charge in [0.05, 0.1) is 11.0 Å². The largest absolute Gasteiger partial charge is 0.317 e. The smallest absolute Gasteiger partial charge is 0.132 e. The van der Waals surface area contributed by atoms with Crippen molar-refractivity contribution in [3.05, 3.63) is 176 Å². The van der Waals surface area contributed by atoms with E-state index in [-0.39, 0.29) is 0 Å². The van der Waals surface area contributed by atoms with Gasteiger partial charge in [-0.3, -0.25) is 0 Å². The van der Waals surface area contributed by atoms with Gasteiger partial charge in [0, 0.05) is 48.8 Å². The summed E-state index contributed by atoms with van der Waals surface area (Å²) in [5.41, 5.74) is 7.07. The lowest BCUT2D eigenvalue weighted by atomic mass is 10.00. The van der Waals surface area contributed by atoms with Crippen molar-refractivity contribution in [1.82, 2.24) is 4.57 Å². The van der Waals surface area contributed by atoms with Gasteiger partial charge < -0.3 is 13.7 Å². The molecule has 7 aromatic carbocycles. The van der Waals surface area contributed by atoms with E-state index in [2.05, 4.69) is 77.4 Å². The van der Waals surface area contributed by atoms with E-state index in [1.54, 1.807) is 0 Å². The van der Waals surface area contributed by atoms with E-state index in [0.29, 0.717) is 0 Å². The van der Waals surface area contributed by atoms with Gasteiger partial charge in [-0.05, 0) is 23.3 Å². The second-order valence-corrected chi connectivity index (χ2v) is 15.1. The van der Waals surface area contributed by atoms with Crippen molar-refractivity contribution in [3.8, 4) is 27.9 Å². The zero-order chi connectivity index (χ0) is 31.7. The topological polar surface area (TPSA) is 39.1 Å². The van der Waals surface area contributed by atoms with Gasteiger partial charge in [-0.1, -0.05) is 164 Å². The van der Waals surface area contributed by atoms with E-state index in [4.69, 9.17) is 0 Å². The van der Waals surface area contributed by atoms with Crippen LogP contribution >= 0.6 is 15.6 Å². The molecule has 0 fully saturated rings. The number of hydrogen-bond donors (Lipinski definition) is 0. The molecule has 47 heavy (non-hydrogen) atoms. The normalized spacial score (nSPS) is 12.7. The molecule has 2 unspecified atom stereocenters. The fourth-order valence-electron chi connectivity index (χ4n) is 6.71. The molecule has 0 N–H and O–H groups in total. The Morgan fingerprint density at radius 1 is 0.340 bits per heavy atom. The molecule has 5 heteroatoms. The highest BCUT2D eigenvalue weighted by atomic mass is 31.1. The highest BCUT2D eigenvalue weighted by molar-refractivity contribution is 7.62. The van der Waals surface area contributed by atoms with Crippen LogP contribution in [0.3, 0.4) is 0 Å². The highest BCUT2D eigenvalue weighted by Crippen LogP contribution is 2.43. The molecule has 226 valence electrons. The molecule has 0 aliphatic heterocycles. The molecular formula is C42H31NO2P2. The highest BCUT2D eigenvalue weighted by Gasteiger charge is 2.23. The van der Waals surface area contributed by atoms with Crippen molar-refractivity contribution in [3.63, 3.8) is 0 Å². The standard InChI is InChI=1S/C42H31NO2P2/c44-46(31-18-6-2-7-19-31)39-28-12-10-22-33(39)35-24-14-26-37-38-27-15-25-36(42(38)43(41(35)37)30-16-4-1-5-17-30)34-23-11-13-29-40(34)47(45)32-20-8-3-9-21-32/h1-29,46-47H. The summed E-state index contributed by atoms with van der Waals surface area (Å²) in [5, 5.41) is 5.57. The fraction of sp³-hybridized carbons (Fsp3) is 0. The minimum Gasteiger partial charge on any atom is -0.317 e. The summed E-state index contributed by atoms with van der Waals surface area (Å²) >= 11 is 0. The Morgan fingerprint density at radius 2 is 0.702 bits per heavy atom. The minimum absolute atomic E-state index is 0.841. The molecule has 2 atom stereocenters. The van der Waals surface area contributed by atoms with Crippen LogP contribution in [0.5, 0.6) is 0 Å². The van der Waals surface area contributed by atoms with Gasteiger partial charge in [-0.25, -0.2) is 0 Å². The third-order valence-corrected chi connectivity index (χ3v) is 12.4. The molecule has 0 saturated carbocycles. The van der Waals surface area contributed by atoms with Gasteiger partial charge in [0.15, 0.2) is 0 Å². The van der Waals surface area contributed by atoms with Crippen molar-refractivity contribution >= 4 is 58.6 Å². The second kappa shape index (κ2) is 12.5. The van der Waals surface area contributed by atoms with Crippen molar-refractivity contribution in [2.24, 2.45) is 0 Å². The van der Waals surface area contributed by atoms with Gasteiger partial charge in [0.1, 0.15) is 15.6 Å². The Hall–Kier alpha value is -5.20. The predicted octanol–water partition coefficient (Wildman–Crippen LogP) is 9.14. The Kier molecular flexibility index (Phi) is 7.79. The van der Waals surface area contributed by atoms with Gasteiger partial charge >= 0.3 is 0 Å². The van der Waals surface area contributed by atoms with E-state index >= 15 is 0 Å². The SMILES string of the molecule is O=[PH](c1ccccc1)c1ccccc1-c1cccc2c3cccc(-c4ccccc4[PH](=O)c4ccccc4)c3n(-c3ccccc3)c12. The van der Waals surface area contributed by atoms with Crippen LogP contribution in [0.25, 0.3) is 49.7 Å². The Labute approximate surface area is 275 Å². The summed E-state index contributed by atoms with van der Waals surface area (Å²) in [6.07, 6.45) is 0. The van der Waals surface area contributed by atoms with Gasteiger partial charge in [-0.2, -0.15) is 0 Å². The number of nitrogens with zero attached hydrogens (tertiary/aromatic N) is 1. The van der Waals surface area contributed by atoms with Crippen LogP contribution in [0.2, 0.25) is 0 Å². The van der Waals surface area contributed by atoms with Crippen molar-refractivity contribution in [2.75, 3.05) is 0 Å². The summed E-state index contributed by atoms with van der Waals surface area (Å²) in [7, 11) is -4.56. The Balaban J connectivity index is 1.45. The van der Waals surface area contributed by atoms with E-state index in [0.717, 1.165) is 71.0 Å². The van der Waals surface area contributed by atoms with Crippen LogP contribution in [0.15, 0.2) is 176 Å². The summed E-state index contributed by atoms with van der Waals surface area (Å²) in [6, 6.07) is 58.9. The number of aromatic nitrogens is 1. The summed E-state index contributed by atoms with van der Waals surface area (Å²) < 4.78 is 30.6. The monoisotopic (exact) mass is 643 g/mol. The molecule has 0 saturated heterocycles. The fourth-order valence-corrected chi connectivity index (χ4v) is 9.74. The average molecular weight is 644 g/mol. The van der Waals surface area contributed by atoms with Crippen LogP contribution in [0.4, 0.5) is 0 Å². The minimum atomic E-state index is -2.28. The first-order valence-electron chi connectivity index (χ1n) is 15.7. The van der Waals surface area contributed by atoms with Gasteiger partial charge in [0.2, 0.25) is 0 Å². The Bertz CT molecular complexity index is 2280. The number of rotatable bonds is 7. The third kappa shape index (κ3) is 5.19. The lowest BCUT2D eigenvalue weighted by molar-refractivity contribution is 0.597. The van der Waals surface area contributed by atoms with Gasteiger partial charge in [0.25, 0.3) is 0 Å². The van der Waals surface area contributed by atoms with Crippen molar-refractivity contribution in [2.45, 2.75) is 0 Å². The van der Waals surface area contributed by atoms with Crippen LogP contribution < -0.4 is 21.2 Å². The first-order chi connectivity index (χ1) is 23.2. The average Bonchev–Trinajstić information content (AvgIpc) is 3.50. The summed E-state index contributed by atoms with van der Waals surface area (Å²) in [4.78, 5) is 0. The molecule has 1 heterocycles. The maximum absolute atomic E-state index is 14.1. The molecule has 0 aliphatic carbocycles. The maximum Gasteiger partial charge on any atom is 0.132 e. The van der Waals surface area contributed by atoms with Crippen LogP contribution in [0, 0.1) is 0 Å². The summed E-state index contributed by atoms with van der Waals surface area (Å²) in [6.45, 7) is 0. The predicted molar refractivity (Wildman–Crippen MR) is 201 cm³/mol. The van der Waals surface area contributed by atoms with E-state index in [9.17, 15) is 9.13 Å². The number of para-hydroxylation sites is 3. The number of benzene rings is 7. The molecule has 8 aromatic rings. The van der Waals surface area contributed by atoms with E-state index in [1.807, 2.05) is 103 Å². The van der Waals surface area contributed by atoms with Crippen molar-refractivity contribution < 1.29 is 9.13 Å². The molecule has 8 rings (SSSR count). The van der Waals surface area contributed by atoms with Crippen LogP contribution in [-0.2, 0) is 9.13 Å². The van der Waals surface area contributed by atoms with Crippen molar-refractivity contribution in [1.29, 1.82) is 0 Å². The van der Waals surface area contributed by atoms with E-state index < -0.39 is 15.6 Å². The quantitative estimate of drug-likeness (QED) is 0.163. The lowest BCUT2D eigenvalue weighted by Gasteiger charge is -2.16. The third-order valence-electron chi connectivity index (χ3n) is 8.82. The first kappa shape index (κ1) is 29.2. The molecule has 0 radical (unpaired) electrons. The molecular weight excluding hydrogens is 612 g/mol. The molecule has 0 bridgehead atoms. The maximum atomic E-state index is 14.1. The zero-order valence-electron chi connectivity index (χ0n) is 25.5. The molecule has 1 aromatic heterocycles. The Morgan fingerprint density at radius 3 is 1.15 bits per heavy atom. The molecule has 0 spiro atoms. The lowest BCUT2D eigenvalue weighted by Crippen LogP contribution is -2.10. The van der Waals surface area contributed by atoms with Gasteiger partial charge in [-0.15, -0.1) is 0 Å². The molecule has 3 nitrogen and oxygen atoms in total. The summed E-state index contributed by atoms with van der Waals surface area (Å²) in [5.74, 6) is 0. The van der Waals surface area contributed by atoms with Crippen LogP contribution in [-0.4, -0.2) is 4.57 Å². The second-order valence-electron chi connectivity index (χ2n) is 11.6. The van der Waals surface area contributed by atoms with E-state index in [1.165, 1.54) is 0 Å². The van der Waals surface area contributed by atoms with Crippen LogP contribution in [0.1, 0.15) is 0 Å². The zero-order valence-corrected chi connectivity index (χ0v) is 27.5. The molecule has 0 amide bonds. The number of hydrogen-bond acceptors (Lipinski definition) is 2. The molecule has 0 aliphatic rings.